The van der Waals surface area contributed by atoms with Gasteiger partial charge in [-0.2, -0.15) is 0 Å². The molecule has 0 aromatic rings. The molecule has 1 saturated carbocycles. The Balaban J connectivity index is 2.33. The van der Waals surface area contributed by atoms with E-state index >= 15 is 0 Å². The standard InChI is InChI=1S/C6H10O3/c1-3(7)4-2-5(4)6(8)9/h3-5,7H,2H2,1H3,(H,8,9)/t3?,4-,5-/m0/s1. The number of hydrogen-bond acceptors (Lipinski definition) is 2. The summed E-state index contributed by atoms with van der Waals surface area (Å²) in [6, 6.07) is 0. The molecule has 0 aromatic carbocycles. The van der Waals surface area contributed by atoms with Crippen LogP contribution < -0.4 is 0 Å². The van der Waals surface area contributed by atoms with Crippen LogP contribution in [0.3, 0.4) is 0 Å². The lowest BCUT2D eigenvalue weighted by molar-refractivity contribution is -0.139. The lowest BCUT2D eigenvalue weighted by Gasteiger charge is -1.97. The van der Waals surface area contributed by atoms with Crippen molar-refractivity contribution < 1.29 is 15.0 Å². The topological polar surface area (TPSA) is 57.5 Å². The first-order valence-electron chi connectivity index (χ1n) is 3.04. The van der Waals surface area contributed by atoms with Gasteiger partial charge in [-0.15, -0.1) is 0 Å². The smallest absolute Gasteiger partial charge is 0.306 e. The summed E-state index contributed by atoms with van der Waals surface area (Å²) in [5.41, 5.74) is 0. The van der Waals surface area contributed by atoms with Crippen molar-refractivity contribution >= 4 is 5.97 Å². The molecule has 3 atom stereocenters. The van der Waals surface area contributed by atoms with Gasteiger partial charge in [0.2, 0.25) is 0 Å². The number of rotatable bonds is 2. The van der Waals surface area contributed by atoms with Gasteiger partial charge in [0.15, 0.2) is 0 Å². The number of carboxylic acid groups (broad SMARTS) is 1. The Morgan fingerprint density at radius 3 is 2.44 bits per heavy atom. The fourth-order valence-corrected chi connectivity index (χ4v) is 1.03. The van der Waals surface area contributed by atoms with Crippen LogP contribution in [0.25, 0.3) is 0 Å². The Morgan fingerprint density at radius 2 is 2.33 bits per heavy atom. The Labute approximate surface area is 53.3 Å². The highest BCUT2D eigenvalue weighted by Crippen LogP contribution is 2.40. The highest BCUT2D eigenvalue weighted by atomic mass is 16.4. The summed E-state index contributed by atoms with van der Waals surface area (Å²) in [6.07, 6.45) is 0.193. The van der Waals surface area contributed by atoms with Crippen molar-refractivity contribution in [2.75, 3.05) is 0 Å². The van der Waals surface area contributed by atoms with Gasteiger partial charge in [-0.3, -0.25) is 4.79 Å². The van der Waals surface area contributed by atoms with Gasteiger partial charge in [0, 0.05) is 0 Å². The van der Waals surface area contributed by atoms with Gasteiger partial charge in [-0.05, 0) is 19.3 Å². The van der Waals surface area contributed by atoms with Crippen molar-refractivity contribution in [1.82, 2.24) is 0 Å². The van der Waals surface area contributed by atoms with Crippen LogP contribution in [0.4, 0.5) is 0 Å². The van der Waals surface area contributed by atoms with Crippen LogP contribution >= 0.6 is 0 Å². The molecule has 2 N–H and O–H groups in total. The Bertz CT molecular complexity index is 130. The summed E-state index contributed by atoms with van der Waals surface area (Å²) < 4.78 is 0. The maximum Gasteiger partial charge on any atom is 0.306 e. The minimum Gasteiger partial charge on any atom is -0.481 e. The van der Waals surface area contributed by atoms with E-state index in [0.717, 1.165) is 0 Å². The third-order valence-electron chi connectivity index (χ3n) is 1.78. The predicted molar refractivity (Wildman–Crippen MR) is 30.9 cm³/mol. The van der Waals surface area contributed by atoms with Crippen molar-refractivity contribution in [2.45, 2.75) is 19.4 Å². The fourth-order valence-electron chi connectivity index (χ4n) is 1.03. The van der Waals surface area contributed by atoms with E-state index in [2.05, 4.69) is 0 Å². The summed E-state index contributed by atoms with van der Waals surface area (Å²) in [6.45, 7) is 1.63. The largest absolute Gasteiger partial charge is 0.481 e. The van der Waals surface area contributed by atoms with Crippen molar-refractivity contribution in [3.63, 3.8) is 0 Å². The van der Waals surface area contributed by atoms with E-state index in [1.165, 1.54) is 0 Å². The molecule has 0 radical (unpaired) electrons. The van der Waals surface area contributed by atoms with E-state index in [9.17, 15) is 4.79 Å². The lowest BCUT2D eigenvalue weighted by atomic mass is 10.2. The van der Waals surface area contributed by atoms with E-state index in [0.29, 0.717) is 6.42 Å². The SMILES string of the molecule is CC(O)[C@@H]1C[C@@H]1C(=O)O. The quantitative estimate of drug-likeness (QED) is 0.557. The molecule has 0 aliphatic heterocycles. The average Bonchev–Trinajstić information content (AvgIpc) is 2.39. The number of hydrogen-bond donors (Lipinski definition) is 2. The highest BCUT2D eigenvalue weighted by Gasteiger charge is 2.45. The fraction of sp³-hybridized carbons (Fsp3) is 0.833. The van der Waals surface area contributed by atoms with Crippen LogP contribution in [-0.4, -0.2) is 22.3 Å². The van der Waals surface area contributed by atoms with Crippen LogP contribution in [0.2, 0.25) is 0 Å². The van der Waals surface area contributed by atoms with Gasteiger partial charge in [0.05, 0.1) is 12.0 Å². The van der Waals surface area contributed by atoms with E-state index in [4.69, 9.17) is 10.2 Å². The molecular weight excluding hydrogens is 120 g/mol. The second kappa shape index (κ2) is 1.99. The molecule has 1 fully saturated rings. The zero-order chi connectivity index (χ0) is 7.02. The first-order chi connectivity index (χ1) is 4.13. The molecule has 1 unspecified atom stereocenters. The molecule has 3 heteroatoms. The summed E-state index contributed by atoms with van der Waals surface area (Å²) >= 11 is 0. The second-order valence-electron chi connectivity index (χ2n) is 2.58. The molecule has 1 aliphatic rings. The van der Waals surface area contributed by atoms with Crippen LogP contribution in [0, 0.1) is 11.8 Å². The van der Waals surface area contributed by atoms with Gasteiger partial charge in [0.1, 0.15) is 0 Å². The normalized spacial score (nSPS) is 35.8. The number of aliphatic hydroxyl groups excluding tert-OH is 1. The number of carbonyl (C=O) groups is 1. The molecule has 3 nitrogen and oxygen atoms in total. The number of aliphatic carboxylic acids is 1. The first kappa shape index (κ1) is 6.55. The second-order valence-corrected chi connectivity index (χ2v) is 2.58. The van der Waals surface area contributed by atoms with Crippen LogP contribution in [0.15, 0.2) is 0 Å². The van der Waals surface area contributed by atoms with Gasteiger partial charge in [0.25, 0.3) is 0 Å². The van der Waals surface area contributed by atoms with Gasteiger partial charge < -0.3 is 10.2 Å². The van der Waals surface area contributed by atoms with Crippen molar-refractivity contribution in [2.24, 2.45) is 11.8 Å². The Morgan fingerprint density at radius 1 is 1.78 bits per heavy atom. The first-order valence-corrected chi connectivity index (χ1v) is 3.04. The van der Waals surface area contributed by atoms with E-state index in [-0.39, 0.29) is 11.8 Å². The van der Waals surface area contributed by atoms with Gasteiger partial charge in [-0.1, -0.05) is 0 Å². The maximum atomic E-state index is 10.2. The van der Waals surface area contributed by atoms with Crippen molar-refractivity contribution in [3.05, 3.63) is 0 Å². The molecule has 52 valence electrons. The average molecular weight is 130 g/mol. The summed E-state index contributed by atoms with van der Waals surface area (Å²) in [7, 11) is 0. The third kappa shape index (κ3) is 1.21. The predicted octanol–water partition coefficient (Wildman–Crippen LogP) is 0.0879. The molecule has 1 aliphatic carbocycles. The van der Waals surface area contributed by atoms with Crippen molar-refractivity contribution in [1.29, 1.82) is 0 Å². The summed E-state index contributed by atoms with van der Waals surface area (Å²) in [4.78, 5) is 10.2. The summed E-state index contributed by atoms with van der Waals surface area (Å²) in [5.74, 6) is -1.03. The molecule has 1 rings (SSSR count). The minimum absolute atomic E-state index is 0.0162. The molecule has 0 bridgehead atoms. The van der Waals surface area contributed by atoms with E-state index in [1.54, 1.807) is 6.92 Å². The third-order valence-corrected chi connectivity index (χ3v) is 1.78. The van der Waals surface area contributed by atoms with Gasteiger partial charge in [-0.25, -0.2) is 0 Å². The zero-order valence-corrected chi connectivity index (χ0v) is 5.24. The Hall–Kier alpha value is -0.570. The maximum absolute atomic E-state index is 10.2. The monoisotopic (exact) mass is 130 g/mol. The lowest BCUT2D eigenvalue weighted by Crippen LogP contribution is -2.08. The minimum atomic E-state index is -0.777. The van der Waals surface area contributed by atoms with Crippen molar-refractivity contribution in [3.8, 4) is 0 Å². The zero-order valence-electron chi connectivity index (χ0n) is 5.24. The van der Waals surface area contributed by atoms with Crippen LogP contribution in [0.5, 0.6) is 0 Å². The highest BCUT2D eigenvalue weighted by molar-refractivity contribution is 5.73. The summed E-state index contributed by atoms with van der Waals surface area (Å²) in [5, 5.41) is 17.2. The molecular formula is C6H10O3. The number of aliphatic hydroxyl groups is 1. The van der Waals surface area contributed by atoms with E-state index < -0.39 is 12.1 Å². The molecule has 0 heterocycles. The molecule has 9 heavy (non-hydrogen) atoms. The molecule has 0 amide bonds. The molecule has 0 saturated heterocycles. The molecule has 0 aromatic heterocycles. The van der Waals surface area contributed by atoms with E-state index in [1.807, 2.05) is 0 Å². The van der Waals surface area contributed by atoms with Gasteiger partial charge >= 0.3 is 5.97 Å². The molecule has 0 spiro atoms. The van der Waals surface area contributed by atoms with Crippen LogP contribution in [0.1, 0.15) is 13.3 Å². The number of carboxylic acids is 1. The Kier molecular flexibility index (Phi) is 1.45. The van der Waals surface area contributed by atoms with Crippen LogP contribution in [-0.2, 0) is 4.79 Å².